The zero-order chi connectivity index (χ0) is 17.8. The SMILES string of the molecule is CC(=O)NCc1csc(C2CCN(C(=O)c3cccc(F)c3)CC2)n1. The van der Waals surface area contributed by atoms with E-state index in [2.05, 4.69) is 10.3 Å². The molecule has 1 fully saturated rings. The highest BCUT2D eigenvalue weighted by Gasteiger charge is 2.26. The Kier molecular flexibility index (Phi) is 5.43. The lowest BCUT2D eigenvalue weighted by atomic mass is 9.97. The molecule has 2 amide bonds. The number of hydrogen-bond donors (Lipinski definition) is 1. The summed E-state index contributed by atoms with van der Waals surface area (Å²) in [4.78, 5) is 29.8. The van der Waals surface area contributed by atoms with Gasteiger partial charge in [-0.15, -0.1) is 11.3 Å². The van der Waals surface area contributed by atoms with Crippen LogP contribution in [0.2, 0.25) is 0 Å². The zero-order valence-electron chi connectivity index (χ0n) is 14.0. The first-order valence-electron chi connectivity index (χ1n) is 8.26. The van der Waals surface area contributed by atoms with Gasteiger partial charge in [-0.3, -0.25) is 9.59 Å². The fraction of sp³-hybridized carbons (Fsp3) is 0.389. The number of benzene rings is 1. The van der Waals surface area contributed by atoms with Crippen molar-refractivity contribution in [1.82, 2.24) is 15.2 Å². The standard InChI is InChI=1S/C18H20FN3O2S/c1-12(23)20-10-16-11-25-17(21-16)13-5-7-22(8-6-13)18(24)14-3-2-4-15(19)9-14/h2-4,9,11,13H,5-8,10H2,1H3,(H,20,23). The van der Waals surface area contributed by atoms with Crippen LogP contribution in [0.4, 0.5) is 4.39 Å². The summed E-state index contributed by atoms with van der Waals surface area (Å²) in [5.74, 6) is -0.259. The Morgan fingerprint density at radius 3 is 2.80 bits per heavy atom. The van der Waals surface area contributed by atoms with Gasteiger partial charge in [0, 0.05) is 36.9 Å². The minimum atomic E-state index is -0.393. The molecule has 1 aromatic carbocycles. The number of hydrogen-bond acceptors (Lipinski definition) is 4. The molecule has 2 aromatic rings. The van der Waals surface area contributed by atoms with Gasteiger partial charge in [0.1, 0.15) is 5.82 Å². The summed E-state index contributed by atoms with van der Waals surface area (Å²) in [6, 6.07) is 5.82. The van der Waals surface area contributed by atoms with Crippen molar-refractivity contribution in [3.63, 3.8) is 0 Å². The van der Waals surface area contributed by atoms with Crippen LogP contribution < -0.4 is 5.32 Å². The molecular weight excluding hydrogens is 341 g/mol. The first-order chi connectivity index (χ1) is 12.0. The lowest BCUT2D eigenvalue weighted by Crippen LogP contribution is -2.37. The summed E-state index contributed by atoms with van der Waals surface area (Å²) in [6.07, 6.45) is 1.68. The van der Waals surface area contributed by atoms with E-state index < -0.39 is 5.82 Å². The fourth-order valence-electron chi connectivity index (χ4n) is 2.94. The average Bonchev–Trinajstić information content (AvgIpc) is 3.08. The zero-order valence-corrected chi connectivity index (χ0v) is 14.8. The quantitative estimate of drug-likeness (QED) is 0.911. The van der Waals surface area contributed by atoms with E-state index in [1.807, 2.05) is 5.38 Å². The predicted molar refractivity (Wildman–Crippen MR) is 93.9 cm³/mol. The molecule has 0 aliphatic carbocycles. The highest BCUT2D eigenvalue weighted by Crippen LogP contribution is 2.30. The largest absolute Gasteiger partial charge is 0.351 e. The second kappa shape index (κ2) is 7.74. The Balaban J connectivity index is 1.56. The van der Waals surface area contributed by atoms with Gasteiger partial charge in [-0.1, -0.05) is 6.07 Å². The van der Waals surface area contributed by atoms with Crippen LogP contribution in [0.15, 0.2) is 29.6 Å². The lowest BCUT2D eigenvalue weighted by Gasteiger charge is -2.31. The molecule has 0 saturated carbocycles. The Labute approximate surface area is 149 Å². The monoisotopic (exact) mass is 361 g/mol. The Bertz CT molecular complexity index is 769. The van der Waals surface area contributed by atoms with E-state index in [0.29, 0.717) is 31.1 Å². The number of aromatic nitrogens is 1. The van der Waals surface area contributed by atoms with Crippen LogP contribution in [0.3, 0.4) is 0 Å². The third kappa shape index (κ3) is 4.42. The van der Waals surface area contributed by atoms with Crippen molar-refractivity contribution in [2.45, 2.75) is 32.2 Å². The molecule has 3 rings (SSSR count). The molecule has 1 aliphatic heterocycles. The predicted octanol–water partition coefficient (Wildman–Crippen LogP) is 2.94. The van der Waals surface area contributed by atoms with Gasteiger partial charge < -0.3 is 10.2 Å². The van der Waals surface area contributed by atoms with Crippen LogP contribution in [0, 0.1) is 5.82 Å². The van der Waals surface area contributed by atoms with Crippen molar-refractivity contribution in [2.24, 2.45) is 0 Å². The van der Waals surface area contributed by atoms with Gasteiger partial charge in [-0.25, -0.2) is 9.37 Å². The first-order valence-corrected chi connectivity index (χ1v) is 9.14. The molecule has 5 nitrogen and oxygen atoms in total. The van der Waals surface area contributed by atoms with Crippen LogP contribution in [0.5, 0.6) is 0 Å². The molecule has 132 valence electrons. The van der Waals surface area contributed by atoms with Crippen LogP contribution in [0.1, 0.15) is 46.7 Å². The summed E-state index contributed by atoms with van der Waals surface area (Å²) in [6.45, 7) is 3.21. The van der Waals surface area contributed by atoms with E-state index in [1.165, 1.54) is 19.1 Å². The number of thiazole rings is 1. The normalized spacial score (nSPS) is 15.2. The fourth-order valence-corrected chi connectivity index (χ4v) is 3.93. The highest BCUT2D eigenvalue weighted by molar-refractivity contribution is 7.09. The van der Waals surface area contributed by atoms with E-state index in [-0.39, 0.29) is 11.8 Å². The topological polar surface area (TPSA) is 62.3 Å². The number of carbonyl (C=O) groups is 2. The van der Waals surface area contributed by atoms with Gasteiger partial charge in [0.25, 0.3) is 5.91 Å². The van der Waals surface area contributed by atoms with Gasteiger partial charge in [0.15, 0.2) is 0 Å². The molecule has 1 aromatic heterocycles. The Morgan fingerprint density at radius 2 is 2.12 bits per heavy atom. The maximum atomic E-state index is 13.3. The van der Waals surface area contributed by atoms with E-state index in [0.717, 1.165) is 23.5 Å². The molecule has 7 heteroatoms. The average molecular weight is 361 g/mol. The van der Waals surface area contributed by atoms with E-state index in [9.17, 15) is 14.0 Å². The first kappa shape index (κ1) is 17.5. The smallest absolute Gasteiger partial charge is 0.253 e. The molecule has 1 N–H and O–H groups in total. The van der Waals surface area contributed by atoms with Crippen LogP contribution in [-0.4, -0.2) is 34.8 Å². The van der Waals surface area contributed by atoms with Crippen molar-refractivity contribution >= 4 is 23.2 Å². The minimum Gasteiger partial charge on any atom is -0.351 e. The molecule has 1 saturated heterocycles. The van der Waals surface area contributed by atoms with Crippen molar-refractivity contribution in [3.05, 3.63) is 51.7 Å². The number of carbonyl (C=O) groups excluding carboxylic acids is 2. The number of nitrogens with one attached hydrogen (secondary N) is 1. The molecule has 0 bridgehead atoms. The molecule has 0 spiro atoms. The third-order valence-electron chi connectivity index (χ3n) is 4.29. The highest BCUT2D eigenvalue weighted by atomic mass is 32.1. The molecule has 0 radical (unpaired) electrons. The van der Waals surface area contributed by atoms with Crippen molar-refractivity contribution in [1.29, 1.82) is 0 Å². The van der Waals surface area contributed by atoms with Crippen molar-refractivity contribution in [2.75, 3.05) is 13.1 Å². The summed E-state index contributed by atoms with van der Waals surface area (Å²) in [5, 5.41) is 5.77. The number of piperidine rings is 1. The number of amides is 2. The number of likely N-dealkylation sites (tertiary alicyclic amines) is 1. The van der Waals surface area contributed by atoms with E-state index >= 15 is 0 Å². The minimum absolute atomic E-state index is 0.0706. The molecule has 1 aliphatic rings. The Morgan fingerprint density at radius 1 is 1.36 bits per heavy atom. The van der Waals surface area contributed by atoms with E-state index in [4.69, 9.17) is 0 Å². The van der Waals surface area contributed by atoms with Crippen molar-refractivity contribution in [3.8, 4) is 0 Å². The summed E-state index contributed by atoms with van der Waals surface area (Å²) < 4.78 is 13.3. The van der Waals surface area contributed by atoms with Gasteiger partial charge in [-0.05, 0) is 31.0 Å². The van der Waals surface area contributed by atoms with Gasteiger partial charge in [0.05, 0.1) is 17.2 Å². The molecule has 0 atom stereocenters. The van der Waals surface area contributed by atoms with Gasteiger partial charge in [0.2, 0.25) is 5.91 Å². The summed E-state index contributed by atoms with van der Waals surface area (Å²) in [7, 11) is 0. The lowest BCUT2D eigenvalue weighted by molar-refractivity contribution is -0.119. The molecule has 2 heterocycles. The second-order valence-electron chi connectivity index (χ2n) is 6.16. The second-order valence-corrected chi connectivity index (χ2v) is 7.05. The Hall–Kier alpha value is -2.28. The molecular formula is C18H20FN3O2S. The maximum absolute atomic E-state index is 13.3. The summed E-state index contributed by atoms with van der Waals surface area (Å²) in [5.41, 5.74) is 1.26. The molecule has 25 heavy (non-hydrogen) atoms. The van der Waals surface area contributed by atoms with Gasteiger partial charge >= 0.3 is 0 Å². The van der Waals surface area contributed by atoms with E-state index in [1.54, 1.807) is 28.4 Å². The number of nitrogens with zero attached hydrogens (tertiary/aromatic N) is 2. The summed E-state index contributed by atoms with van der Waals surface area (Å²) >= 11 is 1.60. The number of halogens is 1. The van der Waals surface area contributed by atoms with Crippen molar-refractivity contribution < 1.29 is 14.0 Å². The third-order valence-corrected chi connectivity index (χ3v) is 5.35. The molecule has 0 unspecified atom stereocenters. The van der Waals surface area contributed by atoms with Crippen LogP contribution in [0.25, 0.3) is 0 Å². The maximum Gasteiger partial charge on any atom is 0.253 e. The van der Waals surface area contributed by atoms with Crippen LogP contribution in [-0.2, 0) is 11.3 Å². The number of rotatable bonds is 4. The van der Waals surface area contributed by atoms with Crippen LogP contribution >= 0.6 is 11.3 Å². The van der Waals surface area contributed by atoms with Gasteiger partial charge in [-0.2, -0.15) is 0 Å².